The zero-order valence-corrected chi connectivity index (χ0v) is 18.5. The van der Waals surface area contributed by atoms with Crippen LogP contribution in [0.15, 0.2) is 12.1 Å². The van der Waals surface area contributed by atoms with Crippen molar-refractivity contribution >= 4 is 46.6 Å². The van der Waals surface area contributed by atoms with E-state index in [2.05, 4.69) is 5.32 Å². The molecule has 2 aliphatic rings. The number of amides is 2. The van der Waals surface area contributed by atoms with Gasteiger partial charge in [-0.25, -0.2) is 13.6 Å². The van der Waals surface area contributed by atoms with Crippen LogP contribution in [0, 0.1) is 11.6 Å². The van der Waals surface area contributed by atoms with Crippen LogP contribution in [0.4, 0.5) is 25.0 Å². The monoisotopic (exact) mass is 470 g/mol. The van der Waals surface area contributed by atoms with Crippen molar-refractivity contribution in [1.82, 2.24) is 10.2 Å². The molecule has 1 aromatic carbocycles. The molecule has 1 atom stereocenters. The Balaban J connectivity index is 1.64. The molecule has 2 saturated heterocycles. The Hall–Kier alpha value is -3.02. The summed E-state index contributed by atoms with van der Waals surface area (Å²) in [7, 11) is 0. The van der Waals surface area contributed by atoms with Gasteiger partial charge >= 0.3 is 12.1 Å². The van der Waals surface area contributed by atoms with Gasteiger partial charge < -0.3 is 24.6 Å². The highest BCUT2D eigenvalue weighted by Gasteiger charge is 2.34. The van der Waals surface area contributed by atoms with E-state index in [0.717, 1.165) is 12.1 Å². The summed E-state index contributed by atoms with van der Waals surface area (Å²) >= 11 is 4.93. The van der Waals surface area contributed by atoms with E-state index in [-0.39, 0.29) is 56.6 Å². The molecule has 9 nitrogen and oxygen atoms in total. The quantitative estimate of drug-likeness (QED) is 0.494. The minimum Gasteiger partial charge on any atom is -0.456 e. The summed E-state index contributed by atoms with van der Waals surface area (Å²) in [6, 6.07) is 2.19. The molecule has 2 amide bonds. The number of nitrogens with one attached hydrogen (secondary N) is 1. The second kappa shape index (κ2) is 10.1. The number of halogens is 2. The lowest BCUT2D eigenvalue weighted by atomic mass is 10.2. The highest BCUT2D eigenvalue weighted by molar-refractivity contribution is 7.80. The van der Waals surface area contributed by atoms with Crippen LogP contribution in [0.3, 0.4) is 0 Å². The lowest BCUT2D eigenvalue weighted by Crippen LogP contribution is -2.50. The lowest BCUT2D eigenvalue weighted by Gasteiger charge is -2.36. The molecule has 2 heterocycles. The molecule has 0 saturated carbocycles. The average molecular weight is 470 g/mol. The Labute approximate surface area is 189 Å². The van der Waals surface area contributed by atoms with Crippen molar-refractivity contribution in [3.05, 3.63) is 23.8 Å². The van der Waals surface area contributed by atoms with Crippen LogP contribution in [0.25, 0.3) is 0 Å². The van der Waals surface area contributed by atoms with Crippen molar-refractivity contribution in [1.29, 1.82) is 0 Å². The van der Waals surface area contributed by atoms with Gasteiger partial charge in [0.25, 0.3) is 5.91 Å². The van der Waals surface area contributed by atoms with E-state index in [9.17, 15) is 23.2 Å². The van der Waals surface area contributed by atoms with Gasteiger partial charge in [-0.3, -0.25) is 14.5 Å². The third kappa shape index (κ3) is 5.61. The normalized spacial score (nSPS) is 18.4. The first-order valence-corrected chi connectivity index (χ1v) is 10.4. The standard InChI is InChI=1S/C20H24F2N4O5S/c1-12(32)23-9-15-10-26(20(29)31-15)14-7-16(21)19(17(22)8-14)25-5-3-24(4-6-25)18(28)11-30-13(2)27/h7-8,15H,3-6,9-11H2,1-2H3,(H,23,32)/t15-/m0/s1. The molecule has 1 aromatic rings. The molecule has 0 spiro atoms. The molecule has 2 fully saturated rings. The first-order chi connectivity index (χ1) is 15.2. The number of hydrogen-bond donors (Lipinski definition) is 1. The Kier molecular flexibility index (Phi) is 7.44. The number of carbonyl (C=O) groups is 3. The molecule has 0 bridgehead atoms. The van der Waals surface area contributed by atoms with E-state index in [0.29, 0.717) is 11.5 Å². The van der Waals surface area contributed by atoms with Crippen molar-refractivity contribution in [3.63, 3.8) is 0 Å². The summed E-state index contributed by atoms with van der Waals surface area (Å²) in [5.41, 5.74) is -0.159. The van der Waals surface area contributed by atoms with Gasteiger partial charge in [-0.2, -0.15) is 0 Å². The van der Waals surface area contributed by atoms with Gasteiger partial charge in [-0.15, -0.1) is 0 Å². The van der Waals surface area contributed by atoms with Gasteiger partial charge in [-0.05, 0) is 6.92 Å². The maximum absolute atomic E-state index is 14.9. The lowest BCUT2D eigenvalue weighted by molar-refractivity contribution is -0.150. The zero-order valence-electron chi connectivity index (χ0n) is 17.7. The molecule has 0 aromatic heterocycles. The number of carbonyl (C=O) groups excluding carboxylic acids is 3. The molecule has 0 aliphatic carbocycles. The van der Waals surface area contributed by atoms with Gasteiger partial charge in [0.1, 0.15) is 11.8 Å². The minimum absolute atomic E-state index is 0.0607. The van der Waals surface area contributed by atoms with Crippen LogP contribution in [0.2, 0.25) is 0 Å². The third-order valence-electron chi connectivity index (χ3n) is 5.11. The van der Waals surface area contributed by atoms with E-state index >= 15 is 0 Å². The number of rotatable bonds is 6. The number of thiocarbonyl (C=S) groups is 1. The molecule has 2 aliphatic heterocycles. The van der Waals surface area contributed by atoms with E-state index in [1.807, 2.05) is 0 Å². The maximum atomic E-state index is 14.9. The highest BCUT2D eigenvalue weighted by atomic mass is 32.1. The van der Waals surface area contributed by atoms with E-state index < -0.39 is 29.8 Å². The summed E-state index contributed by atoms with van der Waals surface area (Å²) in [6.45, 7) is 3.85. The smallest absolute Gasteiger partial charge is 0.414 e. The summed E-state index contributed by atoms with van der Waals surface area (Å²) < 4.78 is 39.6. The van der Waals surface area contributed by atoms with Crippen LogP contribution in [-0.4, -0.2) is 79.8 Å². The molecule has 12 heteroatoms. The topological polar surface area (TPSA) is 91.4 Å². The van der Waals surface area contributed by atoms with Gasteiger partial charge in [0, 0.05) is 45.2 Å². The second-order valence-electron chi connectivity index (χ2n) is 7.46. The summed E-state index contributed by atoms with van der Waals surface area (Å²) in [6.07, 6.45) is -1.19. The van der Waals surface area contributed by atoms with Crippen LogP contribution in [-0.2, 0) is 19.1 Å². The Bertz CT molecular complexity index is 900. The fraction of sp³-hybridized carbons (Fsp3) is 0.500. The number of esters is 1. The number of nitrogens with zero attached hydrogens (tertiary/aromatic N) is 3. The molecule has 174 valence electrons. The van der Waals surface area contributed by atoms with Gasteiger partial charge in [-0.1, -0.05) is 12.2 Å². The Morgan fingerprint density at radius 1 is 1.19 bits per heavy atom. The van der Waals surface area contributed by atoms with Crippen LogP contribution >= 0.6 is 12.2 Å². The molecule has 0 unspecified atom stereocenters. The Morgan fingerprint density at radius 3 is 2.38 bits per heavy atom. The SMILES string of the molecule is CC(=O)OCC(=O)N1CCN(c2c(F)cc(N3C[C@H](CNC(C)=S)OC3=O)cc2F)CC1. The van der Waals surface area contributed by atoms with Gasteiger partial charge in [0.2, 0.25) is 0 Å². The minimum atomic E-state index is -0.816. The fourth-order valence-corrected chi connectivity index (χ4v) is 3.62. The summed E-state index contributed by atoms with van der Waals surface area (Å²) in [5, 5.41) is 2.90. The first kappa shape index (κ1) is 23.6. The zero-order chi connectivity index (χ0) is 23.4. The molecular formula is C20H24F2N4O5S. The average Bonchev–Trinajstić information content (AvgIpc) is 3.11. The van der Waals surface area contributed by atoms with Crippen LogP contribution < -0.4 is 15.1 Å². The Morgan fingerprint density at radius 2 is 1.81 bits per heavy atom. The predicted octanol–water partition coefficient (Wildman–Crippen LogP) is 1.44. The molecule has 3 rings (SSSR count). The summed E-state index contributed by atoms with van der Waals surface area (Å²) in [4.78, 5) is 39.7. The summed E-state index contributed by atoms with van der Waals surface area (Å²) in [5.74, 6) is -2.55. The highest BCUT2D eigenvalue weighted by Crippen LogP contribution is 2.31. The number of ether oxygens (including phenoxy) is 2. The van der Waals surface area contributed by atoms with Crippen molar-refractivity contribution in [2.75, 3.05) is 55.7 Å². The number of hydrogen-bond acceptors (Lipinski definition) is 7. The molecular weight excluding hydrogens is 446 g/mol. The largest absolute Gasteiger partial charge is 0.456 e. The van der Waals surface area contributed by atoms with Gasteiger partial charge in [0.05, 0.1) is 23.8 Å². The van der Waals surface area contributed by atoms with E-state index in [1.165, 1.54) is 21.6 Å². The first-order valence-electron chi connectivity index (χ1n) is 10.0. The van der Waals surface area contributed by atoms with E-state index in [4.69, 9.17) is 21.7 Å². The second-order valence-corrected chi connectivity index (χ2v) is 8.07. The number of piperazine rings is 1. The van der Waals surface area contributed by atoms with E-state index in [1.54, 1.807) is 6.92 Å². The fourth-order valence-electron chi connectivity index (χ4n) is 3.54. The van der Waals surface area contributed by atoms with Crippen LogP contribution in [0.1, 0.15) is 13.8 Å². The van der Waals surface area contributed by atoms with Gasteiger partial charge in [0.15, 0.2) is 18.2 Å². The molecule has 0 radical (unpaired) electrons. The van der Waals surface area contributed by atoms with Crippen LogP contribution in [0.5, 0.6) is 0 Å². The van der Waals surface area contributed by atoms with Crippen molar-refractivity contribution < 1.29 is 32.6 Å². The number of anilines is 2. The number of cyclic esters (lactones) is 1. The predicted molar refractivity (Wildman–Crippen MR) is 116 cm³/mol. The molecule has 1 N–H and O–H groups in total. The van der Waals surface area contributed by atoms with Crippen molar-refractivity contribution in [2.24, 2.45) is 0 Å². The van der Waals surface area contributed by atoms with Crippen molar-refractivity contribution in [3.8, 4) is 0 Å². The van der Waals surface area contributed by atoms with Crippen molar-refractivity contribution in [2.45, 2.75) is 20.0 Å². The number of benzene rings is 1. The molecule has 32 heavy (non-hydrogen) atoms. The maximum Gasteiger partial charge on any atom is 0.414 e. The third-order valence-corrected chi connectivity index (χ3v) is 5.26.